The van der Waals surface area contributed by atoms with Gasteiger partial charge in [0.15, 0.2) is 11.5 Å². The Labute approximate surface area is 230 Å². The number of nitrogens with zero attached hydrogens (tertiary/aromatic N) is 1. The summed E-state index contributed by atoms with van der Waals surface area (Å²) in [6, 6.07) is 26.2. The number of esters is 1. The Kier molecular flexibility index (Phi) is 9.11. The first-order valence-electron chi connectivity index (χ1n) is 12.2. The lowest BCUT2D eigenvalue weighted by Crippen LogP contribution is -2.16. The van der Waals surface area contributed by atoms with E-state index in [1.165, 1.54) is 24.5 Å². The fraction of sp³-hybridized carbons (Fsp3) is 0.129. The summed E-state index contributed by atoms with van der Waals surface area (Å²) in [7, 11) is 1.52. The molecule has 4 rings (SSSR count). The molecule has 0 fully saturated rings. The molecule has 0 spiro atoms. The van der Waals surface area contributed by atoms with Gasteiger partial charge in [0.05, 0.1) is 13.7 Å². The topological polar surface area (TPSA) is 97.7 Å². The molecular weight excluding hydrogens is 512 g/mol. The van der Waals surface area contributed by atoms with E-state index in [-0.39, 0.29) is 17.7 Å². The van der Waals surface area contributed by atoms with Crippen molar-refractivity contribution in [2.75, 3.05) is 19.0 Å². The number of nitrogens with one attached hydrogen (secondary N) is 1. The number of hydrogen-bond donors (Lipinski definition) is 1. The Hall–Kier alpha value is -4.87. The summed E-state index contributed by atoms with van der Waals surface area (Å²) in [5.74, 6) is -0.195. The van der Waals surface area contributed by atoms with Crippen molar-refractivity contribution in [1.29, 1.82) is 5.26 Å². The Balaban J connectivity index is 1.56. The highest BCUT2D eigenvalue weighted by Crippen LogP contribution is 2.36. The SMILES string of the molecule is CCOC(=O)c1c(-c2ccccc2)csc1NC(=O)/C(C#N)=C/c1ccc(OCc2ccccc2)c(OC)c1. The minimum absolute atomic E-state index is 0.139. The maximum Gasteiger partial charge on any atom is 0.341 e. The molecule has 8 heteroatoms. The molecule has 0 unspecified atom stereocenters. The van der Waals surface area contributed by atoms with Crippen molar-refractivity contribution in [3.63, 3.8) is 0 Å². The molecule has 0 aliphatic rings. The zero-order chi connectivity index (χ0) is 27.6. The minimum atomic E-state index is -0.645. The summed E-state index contributed by atoms with van der Waals surface area (Å²) >= 11 is 1.19. The number of carbonyl (C=O) groups is 2. The van der Waals surface area contributed by atoms with Crippen molar-refractivity contribution in [2.45, 2.75) is 13.5 Å². The Bertz CT molecular complexity index is 1520. The first-order chi connectivity index (χ1) is 19.0. The Morgan fingerprint density at radius 1 is 1.00 bits per heavy atom. The van der Waals surface area contributed by atoms with Gasteiger partial charge < -0.3 is 19.5 Å². The van der Waals surface area contributed by atoms with Crippen LogP contribution in [0.2, 0.25) is 0 Å². The van der Waals surface area contributed by atoms with Gasteiger partial charge in [0.25, 0.3) is 5.91 Å². The normalized spacial score (nSPS) is 10.8. The molecule has 1 amide bonds. The molecule has 3 aromatic carbocycles. The van der Waals surface area contributed by atoms with Crippen LogP contribution in [0.4, 0.5) is 5.00 Å². The lowest BCUT2D eigenvalue weighted by atomic mass is 10.0. The van der Waals surface area contributed by atoms with Gasteiger partial charge in [-0.2, -0.15) is 5.26 Å². The highest BCUT2D eigenvalue weighted by molar-refractivity contribution is 7.15. The van der Waals surface area contributed by atoms with Gasteiger partial charge in [-0.15, -0.1) is 11.3 Å². The third-order valence-electron chi connectivity index (χ3n) is 5.68. The molecule has 196 valence electrons. The average molecular weight is 539 g/mol. The summed E-state index contributed by atoms with van der Waals surface area (Å²) in [6.07, 6.45) is 1.45. The number of rotatable bonds is 10. The Morgan fingerprint density at radius 3 is 2.38 bits per heavy atom. The van der Waals surface area contributed by atoms with Crippen molar-refractivity contribution < 1.29 is 23.8 Å². The van der Waals surface area contributed by atoms with E-state index in [4.69, 9.17) is 14.2 Å². The van der Waals surface area contributed by atoms with Gasteiger partial charge in [-0.3, -0.25) is 4.79 Å². The third kappa shape index (κ3) is 6.72. The van der Waals surface area contributed by atoms with Gasteiger partial charge in [0.1, 0.15) is 28.8 Å². The maximum absolute atomic E-state index is 13.1. The van der Waals surface area contributed by atoms with E-state index in [1.807, 2.05) is 66.7 Å². The molecule has 0 saturated carbocycles. The molecule has 0 radical (unpaired) electrons. The third-order valence-corrected chi connectivity index (χ3v) is 6.58. The van der Waals surface area contributed by atoms with E-state index in [9.17, 15) is 14.9 Å². The monoisotopic (exact) mass is 538 g/mol. The van der Waals surface area contributed by atoms with Gasteiger partial charge >= 0.3 is 5.97 Å². The van der Waals surface area contributed by atoms with E-state index < -0.39 is 11.9 Å². The second-order valence-electron chi connectivity index (χ2n) is 8.25. The zero-order valence-corrected chi connectivity index (χ0v) is 22.3. The zero-order valence-electron chi connectivity index (χ0n) is 21.5. The van der Waals surface area contributed by atoms with Crippen LogP contribution in [0.1, 0.15) is 28.4 Å². The van der Waals surface area contributed by atoms with E-state index in [0.29, 0.717) is 34.2 Å². The number of amides is 1. The Morgan fingerprint density at radius 2 is 1.72 bits per heavy atom. The highest BCUT2D eigenvalue weighted by atomic mass is 32.1. The van der Waals surface area contributed by atoms with Crippen LogP contribution in [-0.2, 0) is 16.1 Å². The quantitative estimate of drug-likeness (QED) is 0.137. The molecular formula is C31H26N2O5S. The van der Waals surface area contributed by atoms with Crippen molar-refractivity contribution in [3.05, 3.63) is 107 Å². The van der Waals surface area contributed by atoms with Crippen LogP contribution in [0.15, 0.2) is 89.8 Å². The molecule has 0 aliphatic carbocycles. The van der Waals surface area contributed by atoms with Crippen LogP contribution in [-0.4, -0.2) is 25.6 Å². The second-order valence-corrected chi connectivity index (χ2v) is 9.13. The van der Waals surface area contributed by atoms with Crippen LogP contribution in [0, 0.1) is 11.3 Å². The molecule has 7 nitrogen and oxygen atoms in total. The average Bonchev–Trinajstić information content (AvgIpc) is 3.39. The lowest BCUT2D eigenvalue weighted by Gasteiger charge is -2.12. The number of carbonyl (C=O) groups excluding carboxylic acids is 2. The molecule has 0 saturated heterocycles. The van der Waals surface area contributed by atoms with Crippen LogP contribution in [0.25, 0.3) is 17.2 Å². The summed E-state index contributed by atoms with van der Waals surface area (Å²) in [5, 5.41) is 14.6. The molecule has 4 aromatic rings. The predicted octanol–water partition coefficient (Wildman–Crippen LogP) is 6.73. The second kappa shape index (κ2) is 13.1. The van der Waals surface area contributed by atoms with Gasteiger partial charge in [-0.05, 0) is 41.8 Å². The van der Waals surface area contributed by atoms with E-state index in [1.54, 1.807) is 30.5 Å². The van der Waals surface area contributed by atoms with Crippen LogP contribution in [0.5, 0.6) is 11.5 Å². The number of thiophene rings is 1. The lowest BCUT2D eigenvalue weighted by molar-refractivity contribution is -0.112. The largest absolute Gasteiger partial charge is 0.493 e. The maximum atomic E-state index is 13.1. The smallest absolute Gasteiger partial charge is 0.341 e. The van der Waals surface area contributed by atoms with Gasteiger partial charge in [-0.1, -0.05) is 66.7 Å². The van der Waals surface area contributed by atoms with Crippen molar-refractivity contribution in [2.24, 2.45) is 0 Å². The number of methoxy groups -OCH3 is 1. The molecule has 1 aromatic heterocycles. The fourth-order valence-electron chi connectivity index (χ4n) is 3.80. The van der Waals surface area contributed by atoms with E-state index in [2.05, 4.69) is 5.32 Å². The molecule has 0 bridgehead atoms. The number of benzene rings is 3. The van der Waals surface area contributed by atoms with E-state index in [0.717, 1.165) is 11.1 Å². The summed E-state index contributed by atoms with van der Waals surface area (Å²) in [5.41, 5.74) is 3.16. The highest BCUT2D eigenvalue weighted by Gasteiger charge is 2.23. The van der Waals surface area contributed by atoms with Gasteiger partial charge in [-0.25, -0.2) is 4.79 Å². The van der Waals surface area contributed by atoms with Crippen molar-refractivity contribution in [1.82, 2.24) is 0 Å². The molecule has 0 atom stereocenters. The standard InChI is InChI=1S/C31H26N2O5S/c1-3-37-31(35)28-25(23-12-8-5-9-13-23)20-39-30(28)33-29(34)24(18-32)16-22-14-15-26(27(17-22)36-2)38-19-21-10-6-4-7-11-21/h4-17,20H,3,19H2,1-2H3,(H,33,34)/b24-16+. The molecule has 1 heterocycles. The van der Waals surface area contributed by atoms with Gasteiger partial charge in [0.2, 0.25) is 0 Å². The fourth-order valence-corrected chi connectivity index (χ4v) is 4.75. The number of anilines is 1. The minimum Gasteiger partial charge on any atom is -0.493 e. The summed E-state index contributed by atoms with van der Waals surface area (Å²) < 4.78 is 16.6. The molecule has 39 heavy (non-hydrogen) atoms. The summed E-state index contributed by atoms with van der Waals surface area (Å²) in [4.78, 5) is 25.9. The number of ether oxygens (including phenoxy) is 3. The first-order valence-corrected chi connectivity index (χ1v) is 13.0. The number of hydrogen-bond acceptors (Lipinski definition) is 7. The van der Waals surface area contributed by atoms with Crippen LogP contribution in [0.3, 0.4) is 0 Å². The van der Waals surface area contributed by atoms with Crippen molar-refractivity contribution >= 4 is 34.3 Å². The summed E-state index contributed by atoms with van der Waals surface area (Å²) in [6.45, 7) is 2.27. The van der Waals surface area contributed by atoms with Crippen LogP contribution < -0.4 is 14.8 Å². The molecule has 0 aliphatic heterocycles. The number of nitriles is 1. The van der Waals surface area contributed by atoms with Crippen LogP contribution >= 0.6 is 11.3 Å². The predicted molar refractivity (Wildman–Crippen MR) is 152 cm³/mol. The van der Waals surface area contributed by atoms with Crippen molar-refractivity contribution in [3.8, 4) is 28.7 Å². The molecule has 1 N–H and O–H groups in total. The van der Waals surface area contributed by atoms with Gasteiger partial charge in [0, 0.05) is 10.9 Å². The van der Waals surface area contributed by atoms with E-state index >= 15 is 0 Å². The first kappa shape index (κ1) is 27.2.